The molecule has 0 aliphatic carbocycles. The number of anilines is 2. The molecule has 0 aromatic heterocycles. The maximum atomic E-state index is 12.5. The van der Waals surface area contributed by atoms with Crippen LogP contribution < -0.4 is 20.3 Å². The van der Waals surface area contributed by atoms with Crippen molar-refractivity contribution in [2.45, 2.75) is 6.04 Å². The van der Waals surface area contributed by atoms with E-state index < -0.39 is 24.5 Å². The molecule has 0 spiro atoms. The van der Waals surface area contributed by atoms with E-state index in [1.54, 1.807) is 36.4 Å². The minimum Gasteiger partial charge on any atom is -0.497 e. The Labute approximate surface area is 169 Å². The standard InChI is InChI=1S/C21H25N3O5/c1-28-18-4-2-3-15(13-18)20(26)23-19(14-25)21(27)22-16-5-7-17(8-6-16)24-9-11-29-12-10-24/h2-8,13,19,25H,9-12,14H2,1H3,(H,22,27)(H,23,26). The van der Waals surface area contributed by atoms with Gasteiger partial charge < -0.3 is 30.1 Å². The van der Waals surface area contributed by atoms with E-state index >= 15 is 0 Å². The summed E-state index contributed by atoms with van der Waals surface area (Å²) in [5, 5.41) is 14.8. The predicted octanol–water partition coefficient (Wildman–Crippen LogP) is 1.26. The van der Waals surface area contributed by atoms with Crippen molar-refractivity contribution in [2.24, 2.45) is 0 Å². The zero-order valence-electron chi connectivity index (χ0n) is 16.3. The van der Waals surface area contributed by atoms with E-state index in [1.165, 1.54) is 7.11 Å². The van der Waals surface area contributed by atoms with E-state index in [-0.39, 0.29) is 0 Å². The molecule has 0 saturated carbocycles. The lowest BCUT2D eigenvalue weighted by atomic mass is 10.1. The number of nitrogens with one attached hydrogen (secondary N) is 2. The van der Waals surface area contributed by atoms with Gasteiger partial charge in [-0.1, -0.05) is 6.07 Å². The molecular weight excluding hydrogens is 374 g/mol. The summed E-state index contributed by atoms with van der Waals surface area (Å²) in [6.45, 7) is 2.53. The van der Waals surface area contributed by atoms with Crippen molar-refractivity contribution in [1.29, 1.82) is 0 Å². The van der Waals surface area contributed by atoms with E-state index in [9.17, 15) is 14.7 Å². The van der Waals surface area contributed by atoms with Crippen LogP contribution in [0.25, 0.3) is 0 Å². The molecule has 1 heterocycles. The monoisotopic (exact) mass is 399 g/mol. The lowest BCUT2D eigenvalue weighted by Gasteiger charge is -2.29. The summed E-state index contributed by atoms with van der Waals surface area (Å²) < 4.78 is 10.4. The molecule has 8 nitrogen and oxygen atoms in total. The second kappa shape index (κ2) is 9.90. The quantitative estimate of drug-likeness (QED) is 0.648. The lowest BCUT2D eigenvalue weighted by Crippen LogP contribution is -2.46. The molecule has 29 heavy (non-hydrogen) atoms. The van der Waals surface area contributed by atoms with Crippen molar-refractivity contribution < 1.29 is 24.2 Å². The van der Waals surface area contributed by atoms with Gasteiger partial charge in [-0.05, 0) is 42.5 Å². The van der Waals surface area contributed by atoms with Gasteiger partial charge in [-0.3, -0.25) is 9.59 Å². The number of methoxy groups -OCH3 is 1. The fraction of sp³-hybridized carbons (Fsp3) is 0.333. The summed E-state index contributed by atoms with van der Waals surface area (Å²) in [7, 11) is 1.51. The molecule has 2 aromatic carbocycles. The van der Waals surface area contributed by atoms with Crippen LogP contribution in [0.1, 0.15) is 10.4 Å². The van der Waals surface area contributed by atoms with Crippen molar-refractivity contribution in [1.82, 2.24) is 5.32 Å². The van der Waals surface area contributed by atoms with Crippen molar-refractivity contribution in [3.63, 3.8) is 0 Å². The molecule has 1 unspecified atom stereocenters. The Hall–Kier alpha value is -3.10. The molecule has 1 fully saturated rings. The maximum absolute atomic E-state index is 12.5. The second-order valence-electron chi connectivity index (χ2n) is 6.58. The molecule has 0 radical (unpaired) electrons. The number of aliphatic hydroxyl groups excluding tert-OH is 1. The Morgan fingerprint density at radius 3 is 2.55 bits per heavy atom. The van der Waals surface area contributed by atoms with Gasteiger partial charge in [0, 0.05) is 30.0 Å². The van der Waals surface area contributed by atoms with Gasteiger partial charge in [0.25, 0.3) is 5.91 Å². The Bertz CT molecular complexity index is 834. The van der Waals surface area contributed by atoms with E-state index in [4.69, 9.17) is 9.47 Å². The van der Waals surface area contributed by atoms with Gasteiger partial charge in [0.1, 0.15) is 11.8 Å². The number of nitrogens with zero attached hydrogens (tertiary/aromatic N) is 1. The highest BCUT2D eigenvalue weighted by Gasteiger charge is 2.21. The van der Waals surface area contributed by atoms with Crippen molar-refractivity contribution in [3.05, 3.63) is 54.1 Å². The van der Waals surface area contributed by atoms with Crippen LogP contribution >= 0.6 is 0 Å². The number of carbonyl (C=O) groups is 2. The van der Waals surface area contributed by atoms with Gasteiger partial charge in [0.2, 0.25) is 5.91 Å². The molecule has 1 saturated heterocycles. The van der Waals surface area contributed by atoms with Crippen LogP contribution in [-0.2, 0) is 9.53 Å². The predicted molar refractivity (Wildman–Crippen MR) is 109 cm³/mol. The fourth-order valence-corrected chi connectivity index (χ4v) is 3.01. The summed E-state index contributed by atoms with van der Waals surface area (Å²) >= 11 is 0. The molecule has 1 aliphatic heterocycles. The summed E-state index contributed by atoms with van der Waals surface area (Å²) in [6, 6.07) is 12.9. The van der Waals surface area contributed by atoms with Crippen LogP contribution in [0.3, 0.4) is 0 Å². The van der Waals surface area contributed by atoms with Crippen molar-refractivity contribution >= 4 is 23.2 Å². The number of aliphatic hydroxyl groups is 1. The van der Waals surface area contributed by atoms with Gasteiger partial charge in [-0.15, -0.1) is 0 Å². The van der Waals surface area contributed by atoms with Gasteiger partial charge in [-0.25, -0.2) is 0 Å². The van der Waals surface area contributed by atoms with Gasteiger partial charge >= 0.3 is 0 Å². The molecule has 2 amide bonds. The number of benzene rings is 2. The zero-order chi connectivity index (χ0) is 20.6. The first-order valence-electron chi connectivity index (χ1n) is 9.40. The Morgan fingerprint density at radius 2 is 1.90 bits per heavy atom. The number of rotatable bonds is 7. The minimum atomic E-state index is -1.08. The molecule has 1 aliphatic rings. The highest BCUT2D eigenvalue weighted by molar-refractivity contribution is 6.01. The lowest BCUT2D eigenvalue weighted by molar-refractivity contribution is -0.118. The van der Waals surface area contributed by atoms with Crippen LogP contribution in [-0.4, -0.2) is 63.0 Å². The van der Waals surface area contributed by atoms with E-state index in [0.717, 1.165) is 18.8 Å². The molecule has 0 bridgehead atoms. The largest absolute Gasteiger partial charge is 0.497 e. The smallest absolute Gasteiger partial charge is 0.252 e. The van der Waals surface area contributed by atoms with E-state index in [0.29, 0.717) is 30.2 Å². The summed E-state index contributed by atoms with van der Waals surface area (Å²) in [5.74, 6) is -0.438. The molecule has 154 valence electrons. The van der Waals surface area contributed by atoms with Crippen molar-refractivity contribution in [3.8, 4) is 5.75 Å². The molecule has 1 atom stereocenters. The van der Waals surface area contributed by atoms with Crippen molar-refractivity contribution in [2.75, 3.05) is 50.2 Å². The number of carbonyl (C=O) groups excluding carboxylic acids is 2. The first-order chi connectivity index (χ1) is 14.1. The van der Waals surface area contributed by atoms with Crippen LogP contribution in [0, 0.1) is 0 Å². The van der Waals surface area contributed by atoms with Crippen LogP contribution in [0.2, 0.25) is 0 Å². The Balaban J connectivity index is 1.59. The third kappa shape index (κ3) is 5.46. The van der Waals surface area contributed by atoms with Gasteiger partial charge in [-0.2, -0.15) is 0 Å². The first-order valence-corrected chi connectivity index (χ1v) is 9.40. The fourth-order valence-electron chi connectivity index (χ4n) is 3.01. The van der Waals surface area contributed by atoms with Crippen LogP contribution in [0.15, 0.2) is 48.5 Å². The number of hydrogen-bond acceptors (Lipinski definition) is 6. The molecule has 8 heteroatoms. The normalized spacial score (nSPS) is 14.8. The topological polar surface area (TPSA) is 100 Å². The molecule has 2 aromatic rings. The number of ether oxygens (including phenoxy) is 2. The average Bonchev–Trinajstić information content (AvgIpc) is 2.78. The van der Waals surface area contributed by atoms with Crippen LogP contribution in [0.5, 0.6) is 5.75 Å². The average molecular weight is 399 g/mol. The first kappa shape index (κ1) is 20.6. The highest BCUT2D eigenvalue weighted by Crippen LogP contribution is 2.19. The molecular formula is C21H25N3O5. The Morgan fingerprint density at radius 1 is 1.17 bits per heavy atom. The van der Waals surface area contributed by atoms with Crippen LogP contribution in [0.4, 0.5) is 11.4 Å². The second-order valence-corrected chi connectivity index (χ2v) is 6.58. The van der Waals surface area contributed by atoms with E-state index in [2.05, 4.69) is 15.5 Å². The zero-order valence-corrected chi connectivity index (χ0v) is 16.3. The summed E-state index contributed by atoms with van der Waals surface area (Å²) in [4.78, 5) is 27.1. The van der Waals surface area contributed by atoms with E-state index in [1.807, 2.05) is 12.1 Å². The summed E-state index contributed by atoms with van der Waals surface area (Å²) in [5.41, 5.74) is 1.97. The minimum absolute atomic E-state index is 0.338. The van der Waals surface area contributed by atoms with Gasteiger partial charge in [0.05, 0.1) is 26.9 Å². The maximum Gasteiger partial charge on any atom is 0.252 e. The third-order valence-electron chi connectivity index (χ3n) is 4.65. The number of morpholine rings is 1. The molecule has 3 N–H and O–H groups in total. The summed E-state index contributed by atoms with van der Waals surface area (Å²) in [6.07, 6.45) is 0. The SMILES string of the molecule is COc1cccc(C(=O)NC(CO)C(=O)Nc2ccc(N3CCOCC3)cc2)c1. The number of amides is 2. The third-order valence-corrected chi connectivity index (χ3v) is 4.65. The Kier molecular flexibility index (Phi) is 7.04. The highest BCUT2D eigenvalue weighted by atomic mass is 16.5. The van der Waals surface area contributed by atoms with Gasteiger partial charge in [0.15, 0.2) is 0 Å². The number of hydrogen-bond donors (Lipinski definition) is 3. The molecule has 3 rings (SSSR count).